The predicted octanol–water partition coefficient (Wildman–Crippen LogP) is 2.58. The third-order valence-electron chi connectivity index (χ3n) is 2.95. The highest BCUT2D eigenvalue weighted by molar-refractivity contribution is 5.81. The van der Waals surface area contributed by atoms with Crippen molar-refractivity contribution in [2.24, 2.45) is 0 Å². The summed E-state index contributed by atoms with van der Waals surface area (Å²) in [7, 11) is 0. The third-order valence-corrected chi connectivity index (χ3v) is 2.95. The fourth-order valence-corrected chi connectivity index (χ4v) is 1.99. The Morgan fingerprint density at radius 2 is 2.16 bits per heavy atom. The van der Waals surface area contributed by atoms with Crippen molar-refractivity contribution in [1.82, 2.24) is 15.1 Å². The number of nitrogens with one attached hydrogen (secondary N) is 1. The SMILES string of the molecule is Cc1cc2ccccc2nc1NCCc1ncno1. The van der Waals surface area contributed by atoms with Crippen molar-refractivity contribution in [2.45, 2.75) is 13.3 Å². The van der Waals surface area contributed by atoms with Crippen molar-refractivity contribution in [2.75, 3.05) is 11.9 Å². The molecule has 0 atom stereocenters. The van der Waals surface area contributed by atoms with Crippen LogP contribution in [0.5, 0.6) is 0 Å². The summed E-state index contributed by atoms with van der Waals surface area (Å²) in [6, 6.07) is 10.2. The molecule has 1 aromatic carbocycles. The van der Waals surface area contributed by atoms with Gasteiger partial charge >= 0.3 is 0 Å². The molecule has 0 bridgehead atoms. The molecule has 0 fully saturated rings. The van der Waals surface area contributed by atoms with Crippen LogP contribution in [0.1, 0.15) is 11.5 Å². The number of benzene rings is 1. The number of nitrogens with zero attached hydrogens (tertiary/aromatic N) is 3. The van der Waals surface area contributed by atoms with Gasteiger partial charge in [0.1, 0.15) is 5.82 Å². The maximum atomic E-state index is 4.95. The van der Waals surface area contributed by atoms with Gasteiger partial charge in [0.05, 0.1) is 5.52 Å². The van der Waals surface area contributed by atoms with E-state index in [-0.39, 0.29) is 0 Å². The number of aryl methyl sites for hydroxylation is 1. The molecule has 0 spiro atoms. The van der Waals surface area contributed by atoms with Crippen LogP contribution in [-0.2, 0) is 6.42 Å². The number of anilines is 1. The highest BCUT2D eigenvalue weighted by Crippen LogP contribution is 2.19. The van der Waals surface area contributed by atoms with Crippen LogP contribution < -0.4 is 5.32 Å². The van der Waals surface area contributed by atoms with E-state index in [1.165, 1.54) is 6.33 Å². The van der Waals surface area contributed by atoms with Crippen molar-refractivity contribution in [3.63, 3.8) is 0 Å². The number of hydrogen-bond donors (Lipinski definition) is 1. The minimum atomic E-state index is 0.631. The molecule has 0 radical (unpaired) electrons. The van der Waals surface area contributed by atoms with E-state index in [0.717, 1.165) is 22.3 Å². The molecule has 2 heterocycles. The minimum absolute atomic E-state index is 0.631. The Kier molecular flexibility index (Phi) is 3.10. The molecule has 0 aliphatic carbocycles. The first-order valence-corrected chi connectivity index (χ1v) is 6.19. The first-order chi connectivity index (χ1) is 9.33. The van der Waals surface area contributed by atoms with Crippen LogP contribution in [0.15, 0.2) is 41.2 Å². The minimum Gasteiger partial charge on any atom is -0.369 e. The van der Waals surface area contributed by atoms with E-state index in [1.807, 2.05) is 18.2 Å². The molecule has 0 amide bonds. The molecule has 19 heavy (non-hydrogen) atoms. The van der Waals surface area contributed by atoms with Crippen molar-refractivity contribution in [1.29, 1.82) is 0 Å². The lowest BCUT2D eigenvalue weighted by molar-refractivity contribution is 0.379. The molecule has 3 aromatic rings. The molecular formula is C14H14N4O. The molecule has 3 rings (SSSR count). The number of fused-ring (bicyclic) bond motifs is 1. The monoisotopic (exact) mass is 254 g/mol. The van der Waals surface area contributed by atoms with Gasteiger partial charge in [-0.25, -0.2) is 4.98 Å². The zero-order valence-electron chi connectivity index (χ0n) is 10.6. The lowest BCUT2D eigenvalue weighted by Crippen LogP contribution is -2.08. The highest BCUT2D eigenvalue weighted by Gasteiger charge is 2.04. The van der Waals surface area contributed by atoms with Crippen LogP contribution in [0, 0.1) is 6.92 Å². The molecular weight excluding hydrogens is 240 g/mol. The maximum Gasteiger partial charge on any atom is 0.228 e. The van der Waals surface area contributed by atoms with Crippen molar-refractivity contribution < 1.29 is 4.52 Å². The van der Waals surface area contributed by atoms with E-state index in [2.05, 4.69) is 39.5 Å². The molecule has 0 aliphatic rings. The van der Waals surface area contributed by atoms with Gasteiger partial charge < -0.3 is 9.84 Å². The van der Waals surface area contributed by atoms with Gasteiger partial charge in [-0.15, -0.1) is 0 Å². The fraction of sp³-hybridized carbons (Fsp3) is 0.214. The summed E-state index contributed by atoms with van der Waals surface area (Å²) < 4.78 is 4.95. The molecule has 2 aromatic heterocycles. The van der Waals surface area contributed by atoms with E-state index < -0.39 is 0 Å². The largest absolute Gasteiger partial charge is 0.369 e. The molecule has 5 heteroatoms. The van der Waals surface area contributed by atoms with Crippen LogP contribution in [0.4, 0.5) is 5.82 Å². The van der Waals surface area contributed by atoms with Crippen molar-refractivity contribution >= 4 is 16.7 Å². The smallest absolute Gasteiger partial charge is 0.228 e. The molecule has 1 N–H and O–H groups in total. The number of pyridine rings is 1. The first-order valence-electron chi connectivity index (χ1n) is 6.19. The van der Waals surface area contributed by atoms with E-state index in [9.17, 15) is 0 Å². The fourth-order valence-electron chi connectivity index (χ4n) is 1.99. The van der Waals surface area contributed by atoms with Crippen molar-refractivity contribution in [3.8, 4) is 0 Å². The van der Waals surface area contributed by atoms with E-state index >= 15 is 0 Å². The zero-order chi connectivity index (χ0) is 13.1. The Hall–Kier alpha value is -2.43. The summed E-state index contributed by atoms with van der Waals surface area (Å²) in [5.41, 5.74) is 2.12. The first kappa shape index (κ1) is 11.6. The quantitative estimate of drug-likeness (QED) is 0.775. The summed E-state index contributed by atoms with van der Waals surface area (Å²) in [5.74, 6) is 1.53. The molecule has 0 unspecified atom stereocenters. The third kappa shape index (κ3) is 2.54. The van der Waals surface area contributed by atoms with Gasteiger partial charge in [-0.3, -0.25) is 0 Å². The topological polar surface area (TPSA) is 63.8 Å². The predicted molar refractivity (Wildman–Crippen MR) is 73.0 cm³/mol. The highest BCUT2D eigenvalue weighted by atomic mass is 16.5. The van der Waals surface area contributed by atoms with Crippen LogP contribution in [0.25, 0.3) is 10.9 Å². The average molecular weight is 254 g/mol. The van der Waals surface area contributed by atoms with Gasteiger partial charge in [-0.1, -0.05) is 23.4 Å². The number of para-hydroxylation sites is 1. The second-order valence-electron chi connectivity index (χ2n) is 4.36. The van der Waals surface area contributed by atoms with Crippen molar-refractivity contribution in [3.05, 3.63) is 48.1 Å². The van der Waals surface area contributed by atoms with E-state index in [4.69, 9.17) is 4.52 Å². The Balaban J connectivity index is 1.75. The number of hydrogen-bond acceptors (Lipinski definition) is 5. The number of aromatic nitrogens is 3. The van der Waals surface area contributed by atoms with Crippen LogP contribution in [0.2, 0.25) is 0 Å². The zero-order valence-corrected chi connectivity index (χ0v) is 10.6. The lowest BCUT2D eigenvalue weighted by atomic mass is 10.1. The second kappa shape index (κ2) is 5.06. The Bertz CT molecular complexity index is 679. The van der Waals surface area contributed by atoms with Crippen LogP contribution in [-0.4, -0.2) is 21.7 Å². The lowest BCUT2D eigenvalue weighted by Gasteiger charge is -2.09. The van der Waals surface area contributed by atoms with Gasteiger partial charge in [-0.2, -0.15) is 4.98 Å². The molecule has 0 saturated carbocycles. The van der Waals surface area contributed by atoms with Gasteiger partial charge in [0.25, 0.3) is 0 Å². The van der Waals surface area contributed by atoms with E-state index in [1.54, 1.807) is 0 Å². The Morgan fingerprint density at radius 3 is 3.00 bits per heavy atom. The summed E-state index contributed by atoms with van der Waals surface area (Å²) in [5, 5.41) is 8.04. The van der Waals surface area contributed by atoms with Crippen LogP contribution in [0.3, 0.4) is 0 Å². The molecule has 0 saturated heterocycles. The van der Waals surface area contributed by atoms with Gasteiger partial charge in [0.15, 0.2) is 6.33 Å². The maximum absolute atomic E-state index is 4.95. The Labute approximate surface area is 110 Å². The number of rotatable bonds is 4. The van der Waals surface area contributed by atoms with Gasteiger partial charge in [-0.05, 0) is 24.6 Å². The molecule has 0 aliphatic heterocycles. The second-order valence-corrected chi connectivity index (χ2v) is 4.36. The summed E-state index contributed by atoms with van der Waals surface area (Å²) in [6.45, 7) is 2.77. The van der Waals surface area contributed by atoms with Crippen LogP contribution >= 0.6 is 0 Å². The van der Waals surface area contributed by atoms with Gasteiger partial charge in [0, 0.05) is 18.4 Å². The summed E-state index contributed by atoms with van der Waals surface area (Å²) in [6.07, 6.45) is 2.10. The van der Waals surface area contributed by atoms with Gasteiger partial charge in [0.2, 0.25) is 5.89 Å². The Morgan fingerprint density at radius 1 is 1.26 bits per heavy atom. The van der Waals surface area contributed by atoms with E-state index in [0.29, 0.717) is 18.9 Å². The molecule has 5 nitrogen and oxygen atoms in total. The normalized spacial score (nSPS) is 10.8. The molecule has 96 valence electrons. The standard InChI is InChI=1S/C14H14N4O/c1-10-8-11-4-2-3-5-12(11)18-14(10)15-7-6-13-16-9-17-19-13/h2-5,8-9H,6-7H2,1H3,(H,15,18). The summed E-state index contributed by atoms with van der Waals surface area (Å²) in [4.78, 5) is 8.60. The summed E-state index contributed by atoms with van der Waals surface area (Å²) >= 11 is 0. The average Bonchev–Trinajstić information content (AvgIpc) is 2.92.